The Hall–Kier alpha value is -2.06. The molecule has 0 aliphatic carbocycles. The van der Waals surface area contributed by atoms with Gasteiger partial charge in [0.1, 0.15) is 0 Å². The summed E-state index contributed by atoms with van der Waals surface area (Å²) in [7, 11) is 3.21. The standard InChI is InChI=1S/C14H19N3O4S/c1-9(7-18-2)16-14(22)17-15-6-10-4-11(19-3)13-12(5-10)20-8-21-13/h4-6,9H,7-8H2,1-3H3,(H2,16,17,22)/b15-6-/t9-/m0/s1. The van der Waals surface area contributed by atoms with E-state index in [1.807, 2.05) is 19.1 Å². The Labute approximate surface area is 134 Å². The van der Waals surface area contributed by atoms with Gasteiger partial charge in [-0.1, -0.05) is 0 Å². The van der Waals surface area contributed by atoms with E-state index in [9.17, 15) is 0 Å². The van der Waals surface area contributed by atoms with E-state index in [0.717, 1.165) is 5.56 Å². The lowest BCUT2D eigenvalue weighted by atomic mass is 10.2. The van der Waals surface area contributed by atoms with Crippen molar-refractivity contribution >= 4 is 23.5 Å². The SMILES string of the molecule is COC[C@H](C)NC(=S)N/N=C\c1cc(OC)c2c(c1)OCO2. The summed E-state index contributed by atoms with van der Waals surface area (Å²) in [6.07, 6.45) is 1.62. The third-order valence-electron chi connectivity index (χ3n) is 2.85. The second kappa shape index (κ2) is 7.81. The fourth-order valence-electron chi connectivity index (χ4n) is 1.94. The van der Waals surface area contributed by atoms with Crippen molar-refractivity contribution < 1.29 is 18.9 Å². The van der Waals surface area contributed by atoms with Gasteiger partial charge in [0.15, 0.2) is 16.6 Å². The molecule has 22 heavy (non-hydrogen) atoms. The second-order valence-corrected chi connectivity index (χ2v) is 5.07. The molecule has 1 aliphatic rings. The Morgan fingerprint density at radius 1 is 1.45 bits per heavy atom. The lowest BCUT2D eigenvalue weighted by molar-refractivity contribution is 0.171. The summed E-state index contributed by atoms with van der Waals surface area (Å²) in [6, 6.07) is 3.73. The Balaban J connectivity index is 1.95. The first-order valence-corrected chi connectivity index (χ1v) is 7.11. The minimum Gasteiger partial charge on any atom is -0.493 e. The fraction of sp³-hybridized carbons (Fsp3) is 0.429. The summed E-state index contributed by atoms with van der Waals surface area (Å²) in [6.45, 7) is 2.71. The van der Waals surface area contributed by atoms with Crippen LogP contribution in [0.3, 0.4) is 0 Å². The first-order chi connectivity index (χ1) is 10.6. The van der Waals surface area contributed by atoms with Crippen molar-refractivity contribution in [3.05, 3.63) is 17.7 Å². The van der Waals surface area contributed by atoms with Crippen molar-refractivity contribution in [2.24, 2.45) is 5.10 Å². The highest BCUT2D eigenvalue weighted by atomic mass is 32.1. The molecule has 0 amide bonds. The number of ether oxygens (including phenoxy) is 4. The predicted octanol–water partition coefficient (Wildman–Crippen LogP) is 1.26. The predicted molar refractivity (Wildman–Crippen MR) is 86.9 cm³/mol. The average Bonchev–Trinajstić information content (AvgIpc) is 2.94. The fourth-order valence-corrected chi connectivity index (χ4v) is 2.19. The summed E-state index contributed by atoms with van der Waals surface area (Å²) < 4.78 is 21.0. The number of hydrogen-bond donors (Lipinski definition) is 2. The molecule has 2 N–H and O–H groups in total. The Morgan fingerprint density at radius 2 is 2.27 bits per heavy atom. The van der Waals surface area contributed by atoms with Crippen molar-refractivity contribution in [3.63, 3.8) is 0 Å². The van der Waals surface area contributed by atoms with Crippen LogP contribution in [0.4, 0.5) is 0 Å². The van der Waals surface area contributed by atoms with Gasteiger partial charge in [0.25, 0.3) is 0 Å². The van der Waals surface area contributed by atoms with Crippen LogP contribution in [0.2, 0.25) is 0 Å². The lowest BCUT2D eigenvalue weighted by Gasteiger charge is -2.13. The summed E-state index contributed by atoms with van der Waals surface area (Å²) in [5.41, 5.74) is 3.55. The smallest absolute Gasteiger partial charge is 0.231 e. The van der Waals surface area contributed by atoms with E-state index in [1.165, 1.54) is 0 Å². The summed E-state index contributed by atoms with van der Waals surface area (Å²) in [4.78, 5) is 0. The molecule has 0 unspecified atom stereocenters. The van der Waals surface area contributed by atoms with Gasteiger partial charge >= 0.3 is 0 Å². The third-order valence-corrected chi connectivity index (χ3v) is 3.06. The maximum atomic E-state index is 5.35. The van der Waals surface area contributed by atoms with E-state index >= 15 is 0 Å². The normalized spacial score (nSPS) is 14.0. The van der Waals surface area contributed by atoms with Crippen molar-refractivity contribution in [2.75, 3.05) is 27.6 Å². The molecule has 120 valence electrons. The van der Waals surface area contributed by atoms with Crippen LogP contribution in [0.15, 0.2) is 17.2 Å². The molecule has 1 aromatic carbocycles. The molecule has 0 saturated heterocycles. The molecular formula is C14H19N3O4S. The quantitative estimate of drug-likeness (QED) is 0.463. The van der Waals surface area contributed by atoms with Gasteiger partial charge < -0.3 is 24.3 Å². The molecule has 0 radical (unpaired) electrons. The molecule has 1 aliphatic heterocycles. The Morgan fingerprint density at radius 3 is 3.00 bits per heavy atom. The van der Waals surface area contributed by atoms with Gasteiger partial charge in [-0.05, 0) is 31.3 Å². The zero-order valence-corrected chi connectivity index (χ0v) is 13.5. The van der Waals surface area contributed by atoms with E-state index < -0.39 is 0 Å². The first-order valence-electron chi connectivity index (χ1n) is 6.70. The van der Waals surface area contributed by atoms with Crippen LogP contribution in [0.5, 0.6) is 17.2 Å². The number of hydrazone groups is 1. The van der Waals surface area contributed by atoms with Gasteiger partial charge in [0.2, 0.25) is 12.5 Å². The van der Waals surface area contributed by atoms with Crippen LogP contribution in [-0.2, 0) is 4.74 Å². The molecule has 8 heteroatoms. The van der Waals surface area contributed by atoms with Crippen LogP contribution >= 0.6 is 12.2 Å². The lowest BCUT2D eigenvalue weighted by Crippen LogP contribution is -2.40. The summed E-state index contributed by atoms with van der Waals surface area (Å²) in [5, 5.41) is 7.55. The number of nitrogens with one attached hydrogen (secondary N) is 2. The average molecular weight is 325 g/mol. The van der Waals surface area contributed by atoms with Crippen LogP contribution in [0.25, 0.3) is 0 Å². The summed E-state index contributed by atoms with van der Waals surface area (Å²) in [5.74, 6) is 1.85. The topological polar surface area (TPSA) is 73.3 Å². The van der Waals surface area contributed by atoms with E-state index in [2.05, 4.69) is 15.8 Å². The van der Waals surface area contributed by atoms with Gasteiger partial charge in [0, 0.05) is 18.7 Å². The number of hydrogen-bond acceptors (Lipinski definition) is 6. The largest absolute Gasteiger partial charge is 0.493 e. The zero-order chi connectivity index (χ0) is 15.9. The molecule has 1 aromatic rings. The number of methoxy groups -OCH3 is 2. The number of thiocarbonyl (C=S) groups is 1. The highest BCUT2D eigenvalue weighted by molar-refractivity contribution is 7.80. The summed E-state index contributed by atoms with van der Waals surface area (Å²) >= 11 is 5.13. The minimum atomic E-state index is 0.103. The maximum Gasteiger partial charge on any atom is 0.231 e. The van der Waals surface area contributed by atoms with Crippen LogP contribution in [-0.4, -0.2) is 45.0 Å². The van der Waals surface area contributed by atoms with Gasteiger partial charge in [-0.15, -0.1) is 0 Å². The minimum absolute atomic E-state index is 0.103. The van der Waals surface area contributed by atoms with E-state index in [1.54, 1.807) is 20.4 Å². The van der Waals surface area contributed by atoms with Crippen LogP contribution < -0.4 is 25.0 Å². The van der Waals surface area contributed by atoms with Gasteiger partial charge in [-0.3, -0.25) is 5.43 Å². The number of rotatable bonds is 6. The van der Waals surface area contributed by atoms with Crippen LogP contribution in [0.1, 0.15) is 12.5 Å². The molecule has 1 heterocycles. The third kappa shape index (κ3) is 4.22. The van der Waals surface area contributed by atoms with Gasteiger partial charge in [-0.25, -0.2) is 0 Å². The molecule has 0 bridgehead atoms. The van der Waals surface area contributed by atoms with Gasteiger partial charge in [-0.2, -0.15) is 5.10 Å². The first kappa shape index (κ1) is 16.3. The molecule has 0 spiro atoms. The molecule has 2 rings (SSSR count). The highest BCUT2D eigenvalue weighted by Crippen LogP contribution is 2.41. The second-order valence-electron chi connectivity index (χ2n) is 4.66. The van der Waals surface area contributed by atoms with Crippen molar-refractivity contribution in [1.29, 1.82) is 0 Å². The molecule has 1 atom stereocenters. The number of nitrogens with zero attached hydrogens (tertiary/aromatic N) is 1. The molecule has 7 nitrogen and oxygen atoms in total. The van der Waals surface area contributed by atoms with E-state index in [4.69, 9.17) is 31.2 Å². The van der Waals surface area contributed by atoms with Crippen molar-refractivity contribution in [1.82, 2.24) is 10.7 Å². The Bertz CT molecular complexity index is 565. The zero-order valence-electron chi connectivity index (χ0n) is 12.7. The van der Waals surface area contributed by atoms with Crippen molar-refractivity contribution in [2.45, 2.75) is 13.0 Å². The molecule has 0 saturated carbocycles. The number of fused-ring (bicyclic) bond motifs is 1. The number of benzene rings is 1. The maximum absolute atomic E-state index is 5.35. The van der Waals surface area contributed by atoms with Crippen molar-refractivity contribution in [3.8, 4) is 17.2 Å². The Kier molecular flexibility index (Phi) is 5.79. The molecule has 0 fully saturated rings. The van der Waals surface area contributed by atoms with Gasteiger partial charge in [0.05, 0.1) is 19.9 Å². The molecular weight excluding hydrogens is 306 g/mol. The molecule has 0 aromatic heterocycles. The monoisotopic (exact) mass is 325 g/mol. The van der Waals surface area contributed by atoms with Crippen LogP contribution in [0, 0.1) is 0 Å². The van der Waals surface area contributed by atoms with E-state index in [0.29, 0.717) is 29.0 Å². The van der Waals surface area contributed by atoms with E-state index in [-0.39, 0.29) is 12.8 Å². The highest BCUT2D eigenvalue weighted by Gasteiger charge is 2.19.